The molecule has 1 fully saturated rings. The van der Waals surface area contributed by atoms with E-state index in [4.69, 9.17) is 16.3 Å². The van der Waals surface area contributed by atoms with Crippen LogP contribution in [0.4, 0.5) is 5.69 Å². The van der Waals surface area contributed by atoms with Crippen molar-refractivity contribution < 1.29 is 9.53 Å². The van der Waals surface area contributed by atoms with E-state index in [0.29, 0.717) is 16.5 Å². The van der Waals surface area contributed by atoms with Gasteiger partial charge in [-0.2, -0.15) is 0 Å². The van der Waals surface area contributed by atoms with Gasteiger partial charge in [-0.15, -0.1) is 0 Å². The molecule has 0 N–H and O–H groups in total. The van der Waals surface area contributed by atoms with Crippen molar-refractivity contribution in [3.05, 3.63) is 28.8 Å². The molecule has 0 radical (unpaired) electrons. The molecule has 1 unspecified atom stereocenters. The van der Waals surface area contributed by atoms with Crippen LogP contribution in [0.25, 0.3) is 0 Å². The van der Waals surface area contributed by atoms with Crippen LogP contribution < -0.4 is 4.90 Å². The van der Waals surface area contributed by atoms with Crippen molar-refractivity contribution in [2.45, 2.75) is 19.8 Å². The second-order valence-corrected chi connectivity index (χ2v) is 5.54. The maximum Gasteiger partial charge on any atom is 0.161 e. The summed E-state index contributed by atoms with van der Waals surface area (Å²) < 4.78 is 5.24. The number of hydrogen-bond acceptors (Lipinski definition) is 3. The molecule has 1 aliphatic rings. The molecule has 0 aliphatic carbocycles. The van der Waals surface area contributed by atoms with Crippen LogP contribution in [0.2, 0.25) is 5.02 Å². The van der Waals surface area contributed by atoms with Crippen LogP contribution in [0.1, 0.15) is 30.1 Å². The number of carbonyl (C=O) groups is 1. The molecule has 3 nitrogen and oxygen atoms in total. The number of rotatable bonds is 4. The van der Waals surface area contributed by atoms with Gasteiger partial charge in [-0.25, -0.2) is 0 Å². The molecule has 1 saturated heterocycles. The number of ether oxygens (including phenoxy) is 1. The fraction of sp³-hybridized carbons (Fsp3) is 0.533. The van der Waals surface area contributed by atoms with Crippen LogP contribution in [0.5, 0.6) is 0 Å². The van der Waals surface area contributed by atoms with E-state index in [0.717, 1.165) is 25.4 Å². The van der Waals surface area contributed by atoms with Crippen LogP contribution in [0.3, 0.4) is 0 Å². The van der Waals surface area contributed by atoms with Crippen molar-refractivity contribution in [2.75, 3.05) is 31.7 Å². The molecular formula is C15H20ClNO2. The normalized spacial score (nSPS) is 19.5. The molecule has 4 heteroatoms. The van der Waals surface area contributed by atoms with E-state index >= 15 is 0 Å². The van der Waals surface area contributed by atoms with Crippen LogP contribution in [-0.4, -0.2) is 32.6 Å². The SMILES string of the molecule is COCC1CCCN(c2ccc(C(C)=O)c(Cl)c2)C1. The van der Waals surface area contributed by atoms with Crippen molar-refractivity contribution in [1.82, 2.24) is 0 Å². The highest BCUT2D eigenvalue weighted by Gasteiger charge is 2.20. The molecule has 0 aromatic heterocycles. The summed E-state index contributed by atoms with van der Waals surface area (Å²) in [6.07, 6.45) is 2.38. The highest BCUT2D eigenvalue weighted by Crippen LogP contribution is 2.28. The average Bonchev–Trinajstić information content (AvgIpc) is 2.39. The number of carbonyl (C=O) groups excluding carboxylic acids is 1. The smallest absolute Gasteiger partial charge is 0.161 e. The Bertz CT molecular complexity index is 459. The molecule has 2 rings (SSSR count). The molecule has 1 aliphatic heterocycles. The first kappa shape index (κ1) is 14.4. The Labute approximate surface area is 119 Å². The maximum atomic E-state index is 11.4. The molecular weight excluding hydrogens is 262 g/mol. The van der Waals surface area contributed by atoms with Crippen LogP contribution in [0.15, 0.2) is 18.2 Å². The van der Waals surface area contributed by atoms with E-state index < -0.39 is 0 Å². The lowest BCUT2D eigenvalue weighted by Crippen LogP contribution is -2.37. The van der Waals surface area contributed by atoms with E-state index in [1.165, 1.54) is 19.8 Å². The van der Waals surface area contributed by atoms with Crippen molar-refractivity contribution in [3.8, 4) is 0 Å². The highest BCUT2D eigenvalue weighted by atomic mass is 35.5. The third-order valence-corrected chi connectivity index (χ3v) is 3.93. The fourth-order valence-electron chi connectivity index (χ4n) is 2.66. The Balaban J connectivity index is 2.13. The first-order valence-corrected chi connectivity index (χ1v) is 7.04. The lowest BCUT2D eigenvalue weighted by atomic mass is 9.98. The number of benzene rings is 1. The highest BCUT2D eigenvalue weighted by molar-refractivity contribution is 6.34. The first-order valence-electron chi connectivity index (χ1n) is 6.66. The summed E-state index contributed by atoms with van der Waals surface area (Å²) in [6, 6.07) is 5.70. The quantitative estimate of drug-likeness (QED) is 0.792. The van der Waals surface area contributed by atoms with E-state index in [1.807, 2.05) is 18.2 Å². The number of Topliss-reactive ketones (excluding diaryl/α,β-unsaturated/α-hetero) is 1. The summed E-state index contributed by atoms with van der Waals surface area (Å²) in [4.78, 5) is 13.7. The first-order chi connectivity index (χ1) is 9.11. The van der Waals surface area contributed by atoms with E-state index in [9.17, 15) is 4.79 Å². The summed E-state index contributed by atoms with van der Waals surface area (Å²) in [7, 11) is 1.75. The Morgan fingerprint density at radius 3 is 2.95 bits per heavy atom. The van der Waals surface area contributed by atoms with Crippen molar-refractivity contribution in [1.29, 1.82) is 0 Å². The summed E-state index contributed by atoms with van der Waals surface area (Å²) in [6.45, 7) is 4.37. The molecule has 0 amide bonds. The zero-order valence-electron chi connectivity index (χ0n) is 11.5. The molecule has 0 saturated carbocycles. The molecule has 0 bridgehead atoms. The summed E-state index contributed by atoms with van der Waals surface area (Å²) >= 11 is 6.17. The van der Waals surface area contributed by atoms with Gasteiger partial charge in [0.15, 0.2) is 5.78 Å². The van der Waals surface area contributed by atoms with Gasteiger partial charge < -0.3 is 9.64 Å². The number of methoxy groups -OCH3 is 1. The second kappa shape index (κ2) is 6.40. The molecule has 0 spiro atoms. The molecule has 104 valence electrons. The molecule has 19 heavy (non-hydrogen) atoms. The predicted octanol–water partition coefficient (Wildman–Crippen LogP) is 3.41. The van der Waals surface area contributed by atoms with Crippen LogP contribution in [-0.2, 0) is 4.74 Å². The topological polar surface area (TPSA) is 29.5 Å². The van der Waals surface area contributed by atoms with Crippen molar-refractivity contribution in [2.24, 2.45) is 5.92 Å². The van der Waals surface area contributed by atoms with E-state index in [-0.39, 0.29) is 5.78 Å². The number of nitrogens with zero attached hydrogens (tertiary/aromatic N) is 1. The average molecular weight is 282 g/mol. The lowest BCUT2D eigenvalue weighted by molar-refractivity contribution is 0.101. The maximum absolute atomic E-state index is 11.4. The predicted molar refractivity (Wildman–Crippen MR) is 78.3 cm³/mol. The van der Waals surface area contributed by atoms with Gasteiger partial charge in [0.05, 0.1) is 11.6 Å². The van der Waals surface area contributed by atoms with Gasteiger partial charge >= 0.3 is 0 Å². The standard InChI is InChI=1S/C15H20ClNO2/c1-11(18)14-6-5-13(8-15(14)16)17-7-3-4-12(9-17)10-19-2/h5-6,8,12H,3-4,7,9-10H2,1-2H3. The molecule has 1 heterocycles. The van der Waals surface area contributed by atoms with E-state index in [2.05, 4.69) is 4.90 Å². The zero-order valence-corrected chi connectivity index (χ0v) is 12.2. The van der Waals surface area contributed by atoms with Gasteiger partial charge in [0, 0.05) is 31.5 Å². The largest absolute Gasteiger partial charge is 0.384 e. The number of hydrogen-bond donors (Lipinski definition) is 0. The van der Waals surface area contributed by atoms with Gasteiger partial charge in [0.25, 0.3) is 0 Å². The lowest BCUT2D eigenvalue weighted by Gasteiger charge is -2.34. The number of halogens is 1. The summed E-state index contributed by atoms with van der Waals surface area (Å²) in [5.41, 5.74) is 1.69. The van der Waals surface area contributed by atoms with Crippen LogP contribution >= 0.6 is 11.6 Å². The number of piperidine rings is 1. The molecule has 1 aromatic rings. The second-order valence-electron chi connectivity index (χ2n) is 5.13. The Morgan fingerprint density at radius 1 is 1.53 bits per heavy atom. The number of anilines is 1. The third kappa shape index (κ3) is 3.48. The molecule has 1 atom stereocenters. The van der Waals surface area contributed by atoms with E-state index in [1.54, 1.807) is 7.11 Å². The Kier molecular flexibility index (Phi) is 4.83. The summed E-state index contributed by atoms with van der Waals surface area (Å²) in [5.74, 6) is 0.581. The fourth-order valence-corrected chi connectivity index (χ4v) is 2.97. The summed E-state index contributed by atoms with van der Waals surface area (Å²) in [5, 5.41) is 0.541. The minimum Gasteiger partial charge on any atom is -0.384 e. The Morgan fingerprint density at radius 2 is 2.32 bits per heavy atom. The van der Waals surface area contributed by atoms with Gasteiger partial charge in [0.1, 0.15) is 0 Å². The molecule has 1 aromatic carbocycles. The van der Waals surface area contributed by atoms with Gasteiger partial charge in [-0.3, -0.25) is 4.79 Å². The van der Waals surface area contributed by atoms with Gasteiger partial charge in [-0.1, -0.05) is 11.6 Å². The van der Waals surface area contributed by atoms with Gasteiger partial charge in [0.2, 0.25) is 0 Å². The van der Waals surface area contributed by atoms with Crippen LogP contribution in [0, 0.1) is 5.92 Å². The minimum atomic E-state index is 0.00690. The zero-order chi connectivity index (χ0) is 13.8. The van der Waals surface area contributed by atoms with Gasteiger partial charge in [-0.05, 0) is 43.9 Å². The monoisotopic (exact) mass is 281 g/mol. The number of ketones is 1. The third-order valence-electron chi connectivity index (χ3n) is 3.62. The van der Waals surface area contributed by atoms with Crippen molar-refractivity contribution in [3.63, 3.8) is 0 Å². The Hall–Kier alpha value is -1.06. The van der Waals surface area contributed by atoms with Crippen molar-refractivity contribution >= 4 is 23.1 Å². The minimum absolute atomic E-state index is 0.00690.